The summed E-state index contributed by atoms with van der Waals surface area (Å²) in [6, 6.07) is 13.0. The lowest BCUT2D eigenvalue weighted by Crippen LogP contribution is -2.36. The molecular weight excluding hydrogens is 444 g/mol. The fourth-order valence-electron chi connectivity index (χ4n) is 4.45. The molecule has 5 rings (SSSR count). The number of hydrogen-bond acceptors (Lipinski definition) is 6. The molecule has 1 aliphatic heterocycles. The molecule has 4 aromatic rings. The van der Waals surface area contributed by atoms with Crippen molar-refractivity contribution in [3.05, 3.63) is 78.4 Å². The molecule has 1 N–H and O–H groups in total. The van der Waals surface area contributed by atoms with E-state index in [0.717, 1.165) is 23.0 Å². The van der Waals surface area contributed by atoms with Gasteiger partial charge in [-0.05, 0) is 54.3 Å². The van der Waals surface area contributed by atoms with Gasteiger partial charge in [0.2, 0.25) is 5.91 Å². The van der Waals surface area contributed by atoms with Crippen LogP contribution in [0.25, 0.3) is 11.0 Å². The number of fused-ring (bicyclic) bond motifs is 1. The Morgan fingerprint density at radius 1 is 1.03 bits per heavy atom. The Morgan fingerprint density at radius 3 is 2.66 bits per heavy atom. The summed E-state index contributed by atoms with van der Waals surface area (Å²) in [7, 11) is 0. The van der Waals surface area contributed by atoms with Crippen LogP contribution in [0.5, 0.6) is 11.8 Å². The molecule has 1 aromatic carbocycles. The van der Waals surface area contributed by atoms with E-state index in [2.05, 4.69) is 26.0 Å². The highest BCUT2D eigenvalue weighted by Crippen LogP contribution is 2.22. The van der Waals surface area contributed by atoms with Gasteiger partial charge in [-0.3, -0.25) is 9.59 Å². The normalized spacial score (nSPS) is 16.2. The lowest BCUT2D eigenvalue weighted by atomic mass is 9.98. The molecule has 178 valence electrons. The molecule has 0 spiro atoms. The van der Waals surface area contributed by atoms with Gasteiger partial charge in [0.15, 0.2) is 0 Å². The Morgan fingerprint density at radius 2 is 1.83 bits per heavy atom. The van der Waals surface area contributed by atoms with Crippen molar-refractivity contribution in [1.82, 2.24) is 29.7 Å². The van der Waals surface area contributed by atoms with Crippen LogP contribution >= 0.6 is 0 Å². The molecule has 0 saturated carbocycles. The molecule has 1 saturated heterocycles. The van der Waals surface area contributed by atoms with Gasteiger partial charge in [0.05, 0.1) is 0 Å². The number of aromatic amines is 1. The van der Waals surface area contributed by atoms with Crippen molar-refractivity contribution in [3.8, 4) is 11.8 Å². The second-order valence-electron chi connectivity index (χ2n) is 8.71. The van der Waals surface area contributed by atoms with Gasteiger partial charge in [0.25, 0.3) is 5.91 Å². The van der Waals surface area contributed by atoms with E-state index in [4.69, 9.17) is 4.74 Å². The number of amides is 2. The van der Waals surface area contributed by atoms with E-state index in [9.17, 15) is 9.59 Å². The molecule has 0 bridgehead atoms. The summed E-state index contributed by atoms with van der Waals surface area (Å²) in [6.07, 6.45) is 7.64. The van der Waals surface area contributed by atoms with E-state index in [0.29, 0.717) is 37.5 Å². The predicted octanol–water partition coefficient (Wildman–Crippen LogP) is 3.31. The summed E-state index contributed by atoms with van der Waals surface area (Å²) in [6.45, 7) is 3.69. The van der Waals surface area contributed by atoms with Gasteiger partial charge in [0, 0.05) is 68.8 Å². The number of benzene rings is 1. The third-order valence-electron chi connectivity index (χ3n) is 6.14. The highest BCUT2D eigenvalue weighted by molar-refractivity contribution is 5.94. The average molecular weight is 471 g/mol. The Hall–Kier alpha value is -4.27. The molecule has 4 heterocycles. The van der Waals surface area contributed by atoms with E-state index >= 15 is 0 Å². The molecule has 9 nitrogen and oxygen atoms in total. The standard InChI is InChI=1S/C26H26N6O3/c1-18(33)31-10-11-32(17-20(16-31)12-19-13-21-6-9-27-24(21)30-15-19)25(34)22-4-2-5-23(14-22)35-26-28-7-3-8-29-26/h2-9,13-15,20H,10-12,16-17H2,1H3,(H,27,30)/t20-/m1/s1. The number of ether oxygens (including phenoxy) is 1. The number of nitrogens with one attached hydrogen (secondary N) is 1. The van der Waals surface area contributed by atoms with Gasteiger partial charge in [-0.2, -0.15) is 0 Å². The summed E-state index contributed by atoms with van der Waals surface area (Å²) in [4.78, 5) is 45.1. The quantitative estimate of drug-likeness (QED) is 0.480. The zero-order valence-electron chi connectivity index (χ0n) is 19.4. The molecule has 0 radical (unpaired) electrons. The van der Waals surface area contributed by atoms with Gasteiger partial charge in [-0.15, -0.1) is 0 Å². The first-order valence-electron chi connectivity index (χ1n) is 11.6. The van der Waals surface area contributed by atoms with Crippen LogP contribution in [0.2, 0.25) is 0 Å². The van der Waals surface area contributed by atoms with Crippen molar-refractivity contribution in [3.63, 3.8) is 0 Å². The van der Waals surface area contributed by atoms with Crippen molar-refractivity contribution in [2.24, 2.45) is 5.92 Å². The fourth-order valence-corrected chi connectivity index (χ4v) is 4.45. The van der Waals surface area contributed by atoms with Crippen molar-refractivity contribution in [2.45, 2.75) is 13.3 Å². The summed E-state index contributed by atoms with van der Waals surface area (Å²) >= 11 is 0. The van der Waals surface area contributed by atoms with E-state index in [1.807, 2.05) is 28.3 Å². The Labute approximate surface area is 202 Å². The van der Waals surface area contributed by atoms with Crippen LogP contribution in [0.3, 0.4) is 0 Å². The van der Waals surface area contributed by atoms with Crippen LogP contribution in [0.15, 0.2) is 67.3 Å². The number of nitrogens with zero attached hydrogens (tertiary/aromatic N) is 5. The van der Waals surface area contributed by atoms with Crippen LogP contribution in [0.4, 0.5) is 0 Å². The van der Waals surface area contributed by atoms with Crippen molar-refractivity contribution >= 4 is 22.8 Å². The zero-order chi connectivity index (χ0) is 24.2. The van der Waals surface area contributed by atoms with Crippen LogP contribution in [0, 0.1) is 5.92 Å². The monoisotopic (exact) mass is 470 g/mol. The SMILES string of the molecule is CC(=O)N1CCN(C(=O)c2cccc(Oc3ncccn3)c2)C[C@H](Cc2cnc3[nH]ccc3c2)C1. The molecule has 2 amide bonds. The van der Waals surface area contributed by atoms with Crippen molar-refractivity contribution in [1.29, 1.82) is 0 Å². The number of aromatic nitrogens is 4. The highest BCUT2D eigenvalue weighted by Gasteiger charge is 2.28. The van der Waals surface area contributed by atoms with Crippen LogP contribution < -0.4 is 4.74 Å². The van der Waals surface area contributed by atoms with Crippen molar-refractivity contribution in [2.75, 3.05) is 26.2 Å². The molecule has 0 unspecified atom stereocenters. The summed E-state index contributed by atoms with van der Waals surface area (Å²) in [5.74, 6) is 0.492. The van der Waals surface area contributed by atoms with E-state index in [1.165, 1.54) is 0 Å². The second-order valence-corrected chi connectivity index (χ2v) is 8.71. The zero-order valence-corrected chi connectivity index (χ0v) is 19.4. The minimum absolute atomic E-state index is 0.0155. The number of carbonyl (C=O) groups excluding carboxylic acids is 2. The van der Waals surface area contributed by atoms with Crippen LogP contribution in [-0.4, -0.2) is 67.7 Å². The second kappa shape index (κ2) is 9.92. The molecule has 3 aromatic heterocycles. The van der Waals surface area contributed by atoms with Gasteiger partial charge in [-0.25, -0.2) is 15.0 Å². The Bertz CT molecular complexity index is 1340. The first kappa shape index (κ1) is 22.5. The number of pyridine rings is 1. The lowest BCUT2D eigenvalue weighted by Gasteiger charge is -2.24. The maximum atomic E-state index is 13.5. The third kappa shape index (κ3) is 5.29. The first-order chi connectivity index (χ1) is 17.0. The maximum Gasteiger partial charge on any atom is 0.321 e. The first-order valence-corrected chi connectivity index (χ1v) is 11.6. The number of H-pyrrole nitrogens is 1. The largest absolute Gasteiger partial charge is 0.424 e. The molecule has 9 heteroatoms. The topological polar surface area (TPSA) is 104 Å². The van der Waals surface area contributed by atoms with Crippen molar-refractivity contribution < 1.29 is 14.3 Å². The molecule has 0 aliphatic carbocycles. The van der Waals surface area contributed by atoms with Gasteiger partial charge in [0.1, 0.15) is 11.4 Å². The molecule has 1 atom stereocenters. The maximum absolute atomic E-state index is 13.5. The number of hydrogen-bond donors (Lipinski definition) is 1. The van der Waals surface area contributed by atoms with Gasteiger partial charge in [-0.1, -0.05) is 6.07 Å². The Kier molecular flexibility index (Phi) is 6.38. The number of carbonyl (C=O) groups is 2. The third-order valence-corrected chi connectivity index (χ3v) is 6.14. The smallest absolute Gasteiger partial charge is 0.321 e. The summed E-state index contributed by atoms with van der Waals surface area (Å²) < 4.78 is 5.70. The lowest BCUT2D eigenvalue weighted by molar-refractivity contribution is -0.129. The molecule has 35 heavy (non-hydrogen) atoms. The van der Waals surface area contributed by atoms with E-state index in [-0.39, 0.29) is 23.7 Å². The highest BCUT2D eigenvalue weighted by atomic mass is 16.5. The Balaban J connectivity index is 1.34. The molecular formula is C26H26N6O3. The van der Waals surface area contributed by atoms with Crippen LogP contribution in [-0.2, 0) is 11.2 Å². The average Bonchev–Trinajstić information content (AvgIpc) is 3.23. The minimum atomic E-state index is -0.0981. The molecule has 1 fully saturated rings. The minimum Gasteiger partial charge on any atom is -0.424 e. The summed E-state index contributed by atoms with van der Waals surface area (Å²) in [5.41, 5.74) is 2.45. The molecule has 1 aliphatic rings. The van der Waals surface area contributed by atoms with Crippen LogP contribution in [0.1, 0.15) is 22.8 Å². The van der Waals surface area contributed by atoms with Gasteiger partial charge < -0.3 is 19.5 Å². The summed E-state index contributed by atoms with van der Waals surface area (Å²) in [5, 5.41) is 1.05. The van der Waals surface area contributed by atoms with Gasteiger partial charge >= 0.3 is 6.01 Å². The van der Waals surface area contributed by atoms with E-state index < -0.39 is 0 Å². The number of rotatable bonds is 5. The van der Waals surface area contributed by atoms with E-state index in [1.54, 1.807) is 49.6 Å². The fraction of sp³-hybridized carbons (Fsp3) is 0.269. The predicted molar refractivity (Wildman–Crippen MR) is 130 cm³/mol.